The van der Waals surface area contributed by atoms with Crippen molar-refractivity contribution >= 4 is 49.3 Å². The normalized spacial score (nSPS) is 13.3. The number of fused-ring (bicyclic) bond motifs is 6. The monoisotopic (exact) mass is 562 g/mol. The summed E-state index contributed by atoms with van der Waals surface area (Å²) < 4.78 is 4.86. The van der Waals surface area contributed by atoms with Crippen LogP contribution >= 0.6 is 0 Å². The Bertz CT molecular complexity index is 2430. The largest absolute Gasteiger partial charge is 0.313 e. The molecule has 8 aromatic rings. The van der Waals surface area contributed by atoms with Crippen LogP contribution in [0.2, 0.25) is 0 Å². The van der Waals surface area contributed by atoms with Crippen molar-refractivity contribution in [3.05, 3.63) is 158 Å². The SMILES string of the molecule is C1=CCCC(n2c3ccccc3c3cc(-c4ccc5c(c4)c4ccccc4n5-c4cccc(-c5ccccc5)c4)ccc32)=C1. The second-order valence-electron chi connectivity index (χ2n) is 11.7. The molecule has 2 aromatic heterocycles. The third-order valence-electron chi connectivity index (χ3n) is 9.17. The molecule has 9 rings (SSSR count). The van der Waals surface area contributed by atoms with Crippen LogP contribution in [0.4, 0.5) is 0 Å². The van der Waals surface area contributed by atoms with E-state index in [0.717, 1.165) is 12.8 Å². The van der Waals surface area contributed by atoms with Crippen LogP contribution in [0.15, 0.2) is 158 Å². The summed E-state index contributed by atoms with van der Waals surface area (Å²) in [6, 6.07) is 51.0. The molecule has 0 fully saturated rings. The fourth-order valence-electron chi connectivity index (χ4n) is 7.12. The van der Waals surface area contributed by atoms with Gasteiger partial charge in [-0.15, -0.1) is 0 Å². The predicted octanol–water partition coefficient (Wildman–Crippen LogP) is 11.4. The molecule has 0 bridgehead atoms. The summed E-state index contributed by atoms with van der Waals surface area (Å²) in [6.45, 7) is 0. The first-order valence-corrected chi connectivity index (χ1v) is 15.4. The zero-order valence-corrected chi connectivity index (χ0v) is 24.3. The molecule has 2 nitrogen and oxygen atoms in total. The van der Waals surface area contributed by atoms with Gasteiger partial charge in [0.25, 0.3) is 0 Å². The van der Waals surface area contributed by atoms with Crippen LogP contribution in [0.1, 0.15) is 12.8 Å². The van der Waals surface area contributed by atoms with Gasteiger partial charge in [0.15, 0.2) is 0 Å². The molecule has 0 amide bonds. The lowest BCUT2D eigenvalue weighted by Gasteiger charge is -2.14. The Morgan fingerprint density at radius 3 is 1.66 bits per heavy atom. The van der Waals surface area contributed by atoms with E-state index >= 15 is 0 Å². The zero-order valence-electron chi connectivity index (χ0n) is 24.3. The van der Waals surface area contributed by atoms with Crippen molar-refractivity contribution < 1.29 is 0 Å². The predicted molar refractivity (Wildman–Crippen MR) is 187 cm³/mol. The van der Waals surface area contributed by atoms with Crippen LogP contribution in [0.5, 0.6) is 0 Å². The van der Waals surface area contributed by atoms with Crippen LogP contribution in [0.3, 0.4) is 0 Å². The lowest BCUT2D eigenvalue weighted by Crippen LogP contribution is -1.98. The highest BCUT2D eigenvalue weighted by Gasteiger charge is 2.17. The van der Waals surface area contributed by atoms with E-state index in [0.29, 0.717) is 0 Å². The summed E-state index contributed by atoms with van der Waals surface area (Å²) in [5, 5.41) is 5.14. The van der Waals surface area contributed by atoms with Gasteiger partial charge in [0.05, 0.1) is 22.1 Å². The molecule has 0 radical (unpaired) electrons. The van der Waals surface area contributed by atoms with E-state index in [1.165, 1.54) is 77.2 Å². The van der Waals surface area contributed by atoms with Crippen molar-refractivity contribution in [2.75, 3.05) is 0 Å². The molecule has 6 aromatic carbocycles. The van der Waals surface area contributed by atoms with E-state index in [4.69, 9.17) is 0 Å². The molecule has 2 heteroatoms. The van der Waals surface area contributed by atoms with Crippen molar-refractivity contribution in [2.24, 2.45) is 0 Å². The summed E-state index contributed by atoms with van der Waals surface area (Å²) in [6.07, 6.45) is 8.85. The van der Waals surface area contributed by atoms with Crippen LogP contribution in [0, 0.1) is 0 Å². The van der Waals surface area contributed by atoms with Crippen LogP contribution < -0.4 is 0 Å². The molecular weight excluding hydrogens is 532 g/mol. The van der Waals surface area contributed by atoms with E-state index in [-0.39, 0.29) is 0 Å². The smallest absolute Gasteiger partial charge is 0.0541 e. The number of hydrogen-bond donors (Lipinski definition) is 0. The summed E-state index contributed by atoms with van der Waals surface area (Å²) >= 11 is 0. The Morgan fingerprint density at radius 1 is 0.409 bits per heavy atom. The lowest BCUT2D eigenvalue weighted by molar-refractivity contribution is 0.979. The maximum Gasteiger partial charge on any atom is 0.0541 e. The molecule has 0 atom stereocenters. The summed E-state index contributed by atoms with van der Waals surface area (Å²) in [7, 11) is 0. The highest BCUT2D eigenvalue weighted by atomic mass is 15.0. The first-order chi connectivity index (χ1) is 21.8. The van der Waals surface area contributed by atoms with Crippen LogP contribution in [0.25, 0.3) is 77.2 Å². The van der Waals surface area contributed by atoms with E-state index in [2.05, 4.69) is 167 Å². The highest BCUT2D eigenvalue weighted by molar-refractivity contribution is 6.13. The molecule has 2 heterocycles. The Hall–Kier alpha value is -5.60. The maximum absolute atomic E-state index is 2.46. The molecule has 0 N–H and O–H groups in total. The molecular formula is C42H30N2. The van der Waals surface area contributed by atoms with Crippen molar-refractivity contribution in [2.45, 2.75) is 12.8 Å². The third kappa shape index (κ3) is 3.88. The van der Waals surface area contributed by atoms with E-state index < -0.39 is 0 Å². The summed E-state index contributed by atoms with van der Waals surface area (Å²) in [5.74, 6) is 0. The van der Waals surface area contributed by atoms with Crippen LogP contribution in [-0.2, 0) is 0 Å². The van der Waals surface area contributed by atoms with Crippen LogP contribution in [-0.4, -0.2) is 9.13 Å². The number of benzene rings is 6. The minimum absolute atomic E-state index is 1.06. The van der Waals surface area contributed by atoms with Crippen molar-refractivity contribution in [3.63, 3.8) is 0 Å². The minimum Gasteiger partial charge on any atom is -0.313 e. The number of para-hydroxylation sites is 2. The van der Waals surface area contributed by atoms with Gasteiger partial charge in [0.2, 0.25) is 0 Å². The molecule has 0 aliphatic heterocycles. The molecule has 0 spiro atoms. The van der Waals surface area contributed by atoms with Crippen molar-refractivity contribution in [3.8, 4) is 27.9 Å². The van der Waals surface area contributed by atoms with Gasteiger partial charge in [-0.3, -0.25) is 0 Å². The van der Waals surface area contributed by atoms with Crippen molar-refractivity contribution in [1.82, 2.24) is 9.13 Å². The lowest BCUT2D eigenvalue weighted by atomic mass is 10.0. The van der Waals surface area contributed by atoms with Gasteiger partial charge < -0.3 is 9.13 Å². The summed E-state index contributed by atoms with van der Waals surface area (Å²) in [4.78, 5) is 0. The average molecular weight is 563 g/mol. The molecule has 0 saturated carbocycles. The van der Waals surface area contributed by atoms with Gasteiger partial charge in [-0.25, -0.2) is 0 Å². The quantitative estimate of drug-likeness (QED) is 0.202. The number of rotatable bonds is 4. The Kier molecular flexibility index (Phi) is 5.67. The molecule has 208 valence electrons. The number of nitrogens with zero attached hydrogens (tertiary/aromatic N) is 2. The third-order valence-corrected chi connectivity index (χ3v) is 9.17. The molecule has 44 heavy (non-hydrogen) atoms. The average Bonchev–Trinajstić information content (AvgIpc) is 3.61. The number of aromatic nitrogens is 2. The maximum atomic E-state index is 2.46. The Morgan fingerprint density at radius 2 is 0.977 bits per heavy atom. The van der Waals surface area contributed by atoms with Gasteiger partial charge in [-0.2, -0.15) is 0 Å². The second kappa shape index (κ2) is 10.00. The molecule has 0 saturated heterocycles. The first-order valence-electron chi connectivity index (χ1n) is 15.4. The molecule has 1 aliphatic carbocycles. The first kappa shape index (κ1) is 24.9. The van der Waals surface area contributed by atoms with Gasteiger partial charge >= 0.3 is 0 Å². The van der Waals surface area contributed by atoms with Gasteiger partial charge in [-0.05, 0) is 89.7 Å². The highest BCUT2D eigenvalue weighted by Crippen LogP contribution is 2.39. The van der Waals surface area contributed by atoms with E-state index in [1.54, 1.807) is 0 Å². The minimum atomic E-state index is 1.06. The fraction of sp³-hybridized carbons (Fsp3) is 0.0476. The van der Waals surface area contributed by atoms with Gasteiger partial charge in [0, 0.05) is 32.9 Å². The molecule has 0 unspecified atom stereocenters. The standard InChI is InChI=1S/C42H30N2/c1-3-12-29(13-4-1)30-14-11-17-34(26-30)44-40-21-10-8-19-36(40)38-28-32(23-25-42(38)44)31-22-24-41-37(27-31)35-18-7-9-20-39(35)43(41)33-15-5-2-6-16-33/h1-5,7-15,17-28H,6,16H2. The fourth-order valence-corrected chi connectivity index (χ4v) is 7.12. The van der Waals surface area contributed by atoms with E-state index in [1.807, 2.05) is 0 Å². The van der Waals surface area contributed by atoms with Crippen molar-refractivity contribution in [1.29, 1.82) is 0 Å². The number of allylic oxidation sites excluding steroid dienone is 4. The zero-order chi connectivity index (χ0) is 29.0. The van der Waals surface area contributed by atoms with Gasteiger partial charge in [-0.1, -0.05) is 103 Å². The summed E-state index contributed by atoms with van der Waals surface area (Å²) in [5.41, 5.74) is 12.4. The van der Waals surface area contributed by atoms with Gasteiger partial charge in [0.1, 0.15) is 0 Å². The molecule has 1 aliphatic rings. The number of hydrogen-bond acceptors (Lipinski definition) is 0. The Balaban J connectivity index is 1.22. The Labute approximate surface area is 256 Å². The van der Waals surface area contributed by atoms with E-state index in [9.17, 15) is 0 Å². The topological polar surface area (TPSA) is 9.86 Å². The second-order valence-corrected chi connectivity index (χ2v) is 11.7.